The summed E-state index contributed by atoms with van der Waals surface area (Å²) in [6, 6.07) is 0. The molecule has 0 aliphatic carbocycles. The third kappa shape index (κ3) is 15.2. The van der Waals surface area contributed by atoms with Gasteiger partial charge in [-0.2, -0.15) is 0 Å². The lowest BCUT2D eigenvalue weighted by Crippen LogP contribution is -1.81. The van der Waals surface area contributed by atoms with E-state index in [2.05, 4.69) is 32.1 Å². The fourth-order valence-electron chi connectivity index (χ4n) is 1.73. The summed E-state index contributed by atoms with van der Waals surface area (Å²) in [5.41, 5.74) is 0. The molecule has 97 valence electrons. The zero-order chi connectivity index (χ0) is 12.6. The molecule has 0 fully saturated rings. The number of rotatable bonds is 12. The fraction of sp³-hybridized carbons (Fsp3) is 0.588. The Bertz CT molecular complexity index is 198. The van der Waals surface area contributed by atoms with Crippen LogP contribution in [0.25, 0.3) is 0 Å². The maximum Gasteiger partial charge on any atom is -0.0348 e. The number of unbranched alkanes of at least 4 members (excludes halogenated alkanes) is 9. The molecule has 0 amide bonds. The van der Waals surface area contributed by atoms with Crippen molar-refractivity contribution in [3.05, 3.63) is 43.4 Å². The summed E-state index contributed by atoms with van der Waals surface area (Å²) >= 11 is 0. The van der Waals surface area contributed by atoms with Crippen molar-refractivity contribution in [2.45, 2.75) is 64.7 Å². The molecule has 0 saturated carbocycles. The SMILES string of the molecule is C=C/C=C/C=C\CCCC[CH]CCCCCC. The first-order chi connectivity index (χ1) is 8.41. The average Bonchev–Trinajstić information content (AvgIpc) is 2.35. The molecule has 17 heavy (non-hydrogen) atoms. The first kappa shape index (κ1) is 16.2. The molecule has 1 radical (unpaired) electrons. The van der Waals surface area contributed by atoms with Crippen molar-refractivity contribution in [3.8, 4) is 0 Å². The summed E-state index contributed by atoms with van der Waals surface area (Å²) in [4.78, 5) is 0. The van der Waals surface area contributed by atoms with Crippen LogP contribution in [0.5, 0.6) is 0 Å². The van der Waals surface area contributed by atoms with E-state index in [1.54, 1.807) is 6.08 Å². The van der Waals surface area contributed by atoms with Crippen molar-refractivity contribution < 1.29 is 0 Å². The lowest BCUT2D eigenvalue weighted by Gasteiger charge is -2.00. The Morgan fingerprint density at radius 1 is 0.765 bits per heavy atom. The van der Waals surface area contributed by atoms with E-state index in [9.17, 15) is 0 Å². The lowest BCUT2D eigenvalue weighted by molar-refractivity contribution is 0.637. The fourth-order valence-corrected chi connectivity index (χ4v) is 1.73. The van der Waals surface area contributed by atoms with E-state index >= 15 is 0 Å². The van der Waals surface area contributed by atoms with E-state index in [1.807, 2.05) is 12.2 Å². The van der Waals surface area contributed by atoms with Crippen LogP contribution in [0, 0.1) is 6.42 Å². The molecule has 0 saturated heterocycles. The molecule has 0 N–H and O–H groups in total. The second kappa shape index (κ2) is 15.2. The Kier molecular flexibility index (Phi) is 14.5. The van der Waals surface area contributed by atoms with Gasteiger partial charge in [-0.15, -0.1) is 0 Å². The van der Waals surface area contributed by atoms with Crippen molar-refractivity contribution in [2.24, 2.45) is 0 Å². The Balaban J connectivity index is 3.05. The summed E-state index contributed by atoms with van der Waals surface area (Å²) in [6.07, 6.45) is 24.6. The second-order valence-corrected chi connectivity index (χ2v) is 4.47. The molecule has 0 heterocycles. The Morgan fingerprint density at radius 3 is 2.18 bits per heavy atom. The molecule has 0 bridgehead atoms. The Hall–Kier alpha value is -0.780. The minimum absolute atomic E-state index is 1.20. The van der Waals surface area contributed by atoms with Crippen LogP contribution < -0.4 is 0 Å². The molecule has 0 aromatic rings. The highest BCUT2D eigenvalue weighted by Gasteiger charge is 1.91. The van der Waals surface area contributed by atoms with Gasteiger partial charge in [0, 0.05) is 0 Å². The van der Waals surface area contributed by atoms with Crippen LogP contribution in [0.1, 0.15) is 64.7 Å². The molecule has 0 unspecified atom stereocenters. The number of hydrogen-bond acceptors (Lipinski definition) is 0. The summed E-state index contributed by atoms with van der Waals surface area (Å²) in [7, 11) is 0. The van der Waals surface area contributed by atoms with Gasteiger partial charge in [0.1, 0.15) is 0 Å². The van der Waals surface area contributed by atoms with Gasteiger partial charge in [0.05, 0.1) is 0 Å². The first-order valence-electron chi connectivity index (χ1n) is 7.17. The van der Waals surface area contributed by atoms with E-state index in [-0.39, 0.29) is 0 Å². The molecular formula is C17H29. The largest absolute Gasteiger partial charge is 0.0991 e. The van der Waals surface area contributed by atoms with Crippen LogP contribution in [0.4, 0.5) is 0 Å². The van der Waals surface area contributed by atoms with Crippen LogP contribution in [0.3, 0.4) is 0 Å². The topological polar surface area (TPSA) is 0 Å². The van der Waals surface area contributed by atoms with Crippen molar-refractivity contribution in [1.29, 1.82) is 0 Å². The van der Waals surface area contributed by atoms with Gasteiger partial charge < -0.3 is 0 Å². The minimum atomic E-state index is 1.20. The van der Waals surface area contributed by atoms with Gasteiger partial charge in [0.2, 0.25) is 0 Å². The maximum absolute atomic E-state index is 3.63. The quantitative estimate of drug-likeness (QED) is 0.285. The summed E-state index contributed by atoms with van der Waals surface area (Å²) in [6.45, 7) is 5.90. The number of hydrogen-bond donors (Lipinski definition) is 0. The molecule has 0 atom stereocenters. The van der Waals surface area contributed by atoms with Crippen molar-refractivity contribution in [2.75, 3.05) is 0 Å². The molecule has 0 aromatic heterocycles. The van der Waals surface area contributed by atoms with Gasteiger partial charge >= 0.3 is 0 Å². The Morgan fingerprint density at radius 2 is 1.47 bits per heavy atom. The highest BCUT2D eigenvalue weighted by atomic mass is 14.0. The van der Waals surface area contributed by atoms with Crippen LogP contribution in [-0.2, 0) is 0 Å². The molecule has 0 aliphatic heterocycles. The zero-order valence-electron chi connectivity index (χ0n) is 11.5. The second-order valence-electron chi connectivity index (χ2n) is 4.47. The molecule has 0 heteroatoms. The molecule has 0 spiro atoms. The highest BCUT2D eigenvalue weighted by molar-refractivity contribution is 5.08. The van der Waals surface area contributed by atoms with Gasteiger partial charge in [-0.25, -0.2) is 0 Å². The van der Waals surface area contributed by atoms with Crippen LogP contribution >= 0.6 is 0 Å². The van der Waals surface area contributed by atoms with Gasteiger partial charge in [-0.05, 0) is 19.3 Å². The number of allylic oxidation sites excluding steroid dienone is 5. The Labute approximate surface area is 109 Å². The lowest BCUT2D eigenvalue weighted by atomic mass is 10.1. The van der Waals surface area contributed by atoms with Gasteiger partial charge in [-0.3, -0.25) is 0 Å². The van der Waals surface area contributed by atoms with E-state index < -0.39 is 0 Å². The minimum Gasteiger partial charge on any atom is -0.0991 e. The first-order valence-corrected chi connectivity index (χ1v) is 7.17. The van der Waals surface area contributed by atoms with Crippen LogP contribution in [0.15, 0.2) is 37.0 Å². The molecule has 0 aliphatic rings. The van der Waals surface area contributed by atoms with Crippen LogP contribution in [0.2, 0.25) is 0 Å². The zero-order valence-corrected chi connectivity index (χ0v) is 11.5. The van der Waals surface area contributed by atoms with E-state index in [0.717, 1.165) is 0 Å². The maximum atomic E-state index is 3.63. The van der Waals surface area contributed by atoms with E-state index in [1.165, 1.54) is 57.8 Å². The van der Waals surface area contributed by atoms with Crippen LogP contribution in [-0.4, -0.2) is 0 Å². The van der Waals surface area contributed by atoms with Crippen molar-refractivity contribution in [1.82, 2.24) is 0 Å². The van der Waals surface area contributed by atoms with Gasteiger partial charge in [0.25, 0.3) is 0 Å². The third-order valence-electron chi connectivity index (χ3n) is 2.79. The predicted octanol–water partition coefficient (Wildman–Crippen LogP) is 6.02. The van der Waals surface area contributed by atoms with Crippen molar-refractivity contribution in [3.63, 3.8) is 0 Å². The summed E-state index contributed by atoms with van der Waals surface area (Å²) < 4.78 is 0. The van der Waals surface area contributed by atoms with E-state index in [4.69, 9.17) is 0 Å². The summed E-state index contributed by atoms with van der Waals surface area (Å²) in [5, 5.41) is 0. The molecule has 0 rings (SSSR count). The van der Waals surface area contributed by atoms with Gasteiger partial charge in [0.15, 0.2) is 0 Å². The normalized spacial score (nSPS) is 11.6. The average molecular weight is 233 g/mol. The highest BCUT2D eigenvalue weighted by Crippen LogP contribution is 2.09. The summed E-state index contributed by atoms with van der Waals surface area (Å²) in [5.74, 6) is 0. The molecule has 0 aromatic carbocycles. The van der Waals surface area contributed by atoms with Crippen molar-refractivity contribution >= 4 is 0 Å². The third-order valence-corrected chi connectivity index (χ3v) is 2.79. The standard InChI is InChI=1S/C17H29/c1-3-5-7-9-11-13-15-17-16-14-12-10-8-6-4-2/h3,5,7,9,11,14H,1,4,6,8,10,12-13,15-17H2,2H3/b7-5+,11-9-. The van der Waals surface area contributed by atoms with E-state index in [0.29, 0.717) is 0 Å². The molecular weight excluding hydrogens is 204 g/mol. The smallest absolute Gasteiger partial charge is 0.0348 e. The van der Waals surface area contributed by atoms with Gasteiger partial charge in [-0.1, -0.05) is 88.8 Å². The molecule has 0 nitrogen and oxygen atoms in total. The monoisotopic (exact) mass is 233 g/mol. The predicted molar refractivity (Wildman–Crippen MR) is 80.0 cm³/mol.